The average molecular weight is 758 g/mol. The summed E-state index contributed by atoms with van der Waals surface area (Å²) in [7, 11) is -7.52. The molecule has 258 valence electrons. The van der Waals surface area contributed by atoms with E-state index in [1.54, 1.807) is 102 Å². The third kappa shape index (κ3) is 8.65. The van der Waals surface area contributed by atoms with Crippen LogP contribution in [-0.2, 0) is 20.0 Å². The fourth-order valence-corrected chi connectivity index (χ4v) is 8.36. The second kappa shape index (κ2) is 15.3. The molecule has 0 spiro atoms. The molecule has 0 aliphatic carbocycles. The molecular weight excluding hydrogens is 731 g/mol. The average Bonchev–Trinajstić information content (AvgIpc) is 3.91. The van der Waals surface area contributed by atoms with Gasteiger partial charge in [0.1, 0.15) is 15.6 Å². The lowest BCUT2D eigenvalue weighted by atomic mass is 10.2. The van der Waals surface area contributed by atoms with Gasteiger partial charge in [-0.05, 0) is 77.5 Å². The smallest absolute Gasteiger partial charge is 0.269 e. The van der Waals surface area contributed by atoms with E-state index < -0.39 is 31.9 Å². The molecular formula is C34H27N7O6S4. The van der Waals surface area contributed by atoms with Crippen molar-refractivity contribution in [2.24, 2.45) is 0 Å². The van der Waals surface area contributed by atoms with E-state index in [9.17, 15) is 26.4 Å². The Morgan fingerprint density at radius 1 is 0.627 bits per heavy atom. The summed E-state index contributed by atoms with van der Waals surface area (Å²) in [5.41, 5.74) is 1.93. The van der Waals surface area contributed by atoms with Gasteiger partial charge in [0.25, 0.3) is 31.9 Å². The van der Waals surface area contributed by atoms with E-state index in [1.165, 1.54) is 24.3 Å². The Bertz CT molecular complexity index is 2500. The summed E-state index contributed by atoms with van der Waals surface area (Å²) >= 11 is 2.31. The van der Waals surface area contributed by atoms with Gasteiger partial charge in [-0.2, -0.15) is 5.10 Å². The maximum Gasteiger partial charge on any atom is 0.269 e. The van der Waals surface area contributed by atoms with Crippen LogP contribution in [0.1, 0.15) is 19.3 Å². The summed E-state index contributed by atoms with van der Waals surface area (Å²) in [5, 5.41) is 16.4. The standard InChI is InChI=1S/C18H14N4O3S2.C16H13N3O3S2/c23-18(20-13-6-7-15-12(10-13)11-19-21-15)17-16(8-9-26-17)22-27(24,25)14-4-2-1-3-5-14;20-16(18-14-8-4-5-10-17-14)15-13(9-11-23-15)19-24(21,22)12-6-2-1-3-7-12/h1-11,22H,(H,19,21)(H,20,23);1-11,19H,(H,17,18,20). The molecule has 0 atom stereocenters. The van der Waals surface area contributed by atoms with Crippen molar-refractivity contribution >= 4 is 88.3 Å². The van der Waals surface area contributed by atoms with Gasteiger partial charge in [-0.25, -0.2) is 21.8 Å². The Kier molecular flexibility index (Phi) is 10.5. The van der Waals surface area contributed by atoms with Crippen LogP contribution >= 0.6 is 22.7 Å². The van der Waals surface area contributed by atoms with E-state index in [4.69, 9.17) is 0 Å². The van der Waals surface area contributed by atoms with Crippen molar-refractivity contribution in [1.29, 1.82) is 0 Å². The van der Waals surface area contributed by atoms with Crippen molar-refractivity contribution in [2.45, 2.75) is 9.79 Å². The molecule has 0 unspecified atom stereocenters. The minimum atomic E-state index is -3.77. The molecule has 13 nitrogen and oxygen atoms in total. The molecule has 0 radical (unpaired) electrons. The molecule has 5 N–H and O–H groups in total. The zero-order valence-electron chi connectivity index (χ0n) is 26.2. The second-order valence-electron chi connectivity index (χ2n) is 10.5. The number of amides is 2. The highest BCUT2D eigenvalue weighted by atomic mass is 32.2. The molecule has 4 heterocycles. The predicted molar refractivity (Wildman–Crippen MR) is 199 cm³/mol. The van der Waals surface area contributed by atoms with Crippen molar-refractivity contribution < 1.29 is 26.4 Å². The number of anilines is 4. The van der Waals surface area contributed by atoms with Gasteiger partial charge in [0.2, 0.25) is 0 Å². The molecule has 0 saturated heterocycles. The van der Waals surface area contributed by atoms with E-state index >= 15 is 0 Å². The Balaban J connectivity index is 0.000000177. The molecule has 0 aliphatic heterocycles. The highest BCUT2D eigenvalue weighted by Gasteiger charge is 2.21. The van der Waals surface area contributed by atoms with Gasteiger partial charge in [0, 0.05) is 17.3 Å². The van der Waals surface area contributed by atoms with Crippen molar-refractivity contribution in [3.05, 3.63) is 142 Å². The molecule has 4 aromatic heterocycles. The minimum absolute atomic E-state index is 0.132. The third-order valence-electron chi connectivity index (χ3n) is 6.94. The third-order valence-corrected chi connectivity index (χ3v) is 11.5. The topological polar surface area (TPSA) is 192 Å². The van der Waals surface area contributed by atoms with E-state index in [0.29, 0.717) is 11.5 Å². The number of fused-ring (bicyclic) bond motifs is 1. The highest BCUT2D eigenvalue weighted by molar-refractivity contribution is 7.93. The normalized spacial score (nSPS) is 11.2. The van der Waals surface area contributed by atoms with Crippen LogP contribution in [0, 0.1) is 0 Å². The Morgan fingerprint density at radius 3 is 1.73 bits per heavy atom. The molecule has 2 amide bonds. The number of hydrogen-bond donors (Lipinski definition) is 5. The molecule has 0 aliphatic rings. The number of carbonyl (C=O) groups excluding carboxylic acids is 2. The summed E-state index contributed by atoms with van der Waals surface area (Å²) in [5.74, 6) is -0.416. The number of rotatable bonds is 10. The molecule has 3 aromatic carbocycles. The number of nitrogens with one attached hydrogen (secondary N) is 5. The second-order valence-corrected chi connectivity index (χ2v) is 15.7. The lowest BCUT2D eigenvalue weighted by Gasteiger charge is -2.09. The van der Waals surface area contributed by atoms with Crippen molar-refractivity contribution in [3.63, 3.8) is 0 Å². The van der Waals surface area contributed by atoms with Crippen LogP contribution in [0.5, 0.6) is 0 Å². The number of benzene rings is 3. The number of thiophene rings is 2. The quantitative estimate of drug-likeness (QED) is 0.0998. The van der Waals surface area contributed by atoms with E-state index in [0.717, 1.165) is 33.6 Å². The summed E-state index contributed by atoms with van der Waals surface area (Å²) in [4.78, 5) is 29.8. The van der Waals surface area contributed by atoms with Gasteiger partial charge < -0.3 is 10.6 Å². The van der Waals surface area contributed by atoms with Crippen LogP contribution in [0.15, 0.2) is 142 Å². The number of nitrogens with zero attached hydrogens (tertiary/aromatic N) is 2. The maximum absolute atomic E-state index is 12.6. The fourth-order valence-electron chi connectivity index (χ4n) is 4.56. The Morgan fingerprint density at radius 2 is 1.18 bits per heavy atom. The highest BCUT2D eigenvalue weighted by Crippen LogP contribution is 2.28. The largest absolute Gasteiger partial charge is 0.321 e. The summed E-state index contributed by atoms with van der Waals surface area (Å²) < 4.78 is 54.7. The SMILES string of the molecule is O=C(Nc1ccc2[nH]ncc2c1)c1sccc1NS(=O)(=O)c1ccccc1.O=C(Nc1ccccn1)c1sccc1NS(=O)(=O)c1ccccc1. The first-order chi connectivity index (χ1) is 24.6. The van der Waals surface area contributed by atoms with Gasteiger partial charge in [0.05, 0.1) is 32.9 Å². The van der Waals surface area contributed by atoms with Crippen LogP contribution < -0.4 is 20.1 Å². The summed E-state index contributed by atoms with van der Waals surface area (Å²) in [6.07, 6.45) is 3.22. The van der Waals surface area contributed by atoms with Crippen molar-refractivity contribution in [2.75, 3.05) is 20.1 Å². The van der Waals surface area contributed by atoms with Crippen LogP contribution in [0.2, 0.25) is 0 Å². The zero-order valence-corrected chi connectivity index (χ0v) is 29.4. The van der Waals surface area contributed by atoms with Crippen LogP contribution in [0.25, 0.3) is 10.9 Å². The van der Waals surface area contributed by atoms with Crippen LogP contribution in [-0.4, -0.2) is 43.8 Å². The predicted octanol–water partition coefficient (Wildman–Crippen LogP) is 6.87. The Labute approximate surface area is 300 Å². The van der Waals surface area contributed by atoms with Gasteiger partial charge >= 0.3 is 0 Å². The zero-order chi connectivity index (χ0) is 35.8. The van der Waals surface area contributed by atoms with Crippen LogP contribution in [0.4, 0.5) is 22.9 Å². The summed E-state index contributed by atoms with van der Waals surface area (Å²) in [6, 6.07) is 29.6. The van der Waals surface area contributed by atoms with E-state index in [2.05, 4.69) is 35.3 Å². The maximum atomic E-state index is 12.6. The number of aromatic nitrogens is 3. The number of sulfonamides is 2. The molecule has 7 aromatic rings. The van der Waals surface area contributed by atoms with E-state index in [-0.39, 0.29) is 30.9 Å². The molecule has 17 heteroatoms. The summed E-state index contributed by atoms with van der Waals surface area (Å²) in [6.45, 7) is 0. The van der Waals surface area contributed by atoms with Gasteiger partial charge in [-0.3, -0.25) is 24.1 Å². The monoisotopic (exact) mass is 757 g/mol. The van der Waals surface area contributed by atoms with Gasteiger partial charge in [-0.15, -0.1) is 22.7 Å². The minimum Gasteiger partial charge on any atom is -0.321 e. The fraction of sp³-hybridized carbons (Fsp3) is 0. The number of hydrogen-bond acceptors (Lipinski definition) is 10. The van der Waals surface area contributed by atoms with Crippen molar-refractivity contribution in [3.8, 4) is 0 Å². The molecule has 0 saturated carbocycles. The molecule has 0 fully saturated rings. The lowest BCUT2D eigenvalue weighted by molar-refractivity contribution is 0.102. The first-order valence-electron chi connectivity index (χ1n) is 14.9. The first-order valence-corrected chi connectivity index (χ1v) is 19.6. The Hall–Kier alpha value is -5.88. The molecule has 51 heavy (non-hydrogen) atoms. The van der Waals surface area contributed by atoms with E-state index in [1.807, 2.05) is 6.07 Å². The molecule has 7 rings (SSSR count). The van der Waals surface area contributed by atoms with Crippen LogP contribution in [0.3, 0.4) is 0 Å². The number of H-pyrrole nitrogens is 1. The molecule has 0 bridgehead atoms. The van der Waals surface area contributed by atoms with Gasteiger partial charge in [-0.1, -0.05) is 42.5 Å². The number of carbonyl (C=O) groups is 2. The lowest BCUT2D eigenvalue weighted by Crippen LogP contribution is -2.17. The first kappa shape index (κ1) is 35.0. The van der Waals surface area contributed by atoms with Gasteiger partial charge in [0.15, 0.2) is 0 Å². The number of pyridine rings is 1. The number of aromatic amines is 1. The van der Waals surface area contributed by atoms with Crippen molar-refractivity contribution in [1.82, 2.24) is 15.2 Å².